The van der Waals surface area contributed by atoms with Gasteiger partial charge in [0, 0.05) is 0 Å². The number of aliphatic carboxylic acids is 1. The molecule has 3 aliphatic carbocycles. The Balaban J connectivity index is 1.51. The number of benzene rings is 1. The van der Waals surface area contributed by atoms with E-state index >= 15 is 0 Å². The van der Waals surface area contributed by atoms with Crippen LogP contribution in [0.15, 0.2) is 18.2 Å². The average Bonchev–Trinajstić information content (AvgIpc) is 3.42. The number of carbonyl (C=O) groups is 2. The number of esters is 1. The van der Waals surface area contributed by atoms with Crippen LogP contribution in [0.3, 0.4) is 0 Å². The van der Waals surface area contributed by atoms with E-state index in [-0.39, 0.29) is 36.6 Å². The maximum absolute atomic E-state index is 12.8. The van der Waals surface area contributed by atoms with Gasteiger partial charge in [0.1, 0.15) is 11.9 Å². The minimum Gasteiger partial charge on any atom is -0.482 e. The Labute approximate surface area is 190 Å². The molecule has 0 bridgehead atoms. The summed E-state index contributed by atoms with van der Waals surface area (Å²) in [4.78, 5) is 23.8. The van der Waals surface area contributed by atoms with Gasteiger partial charge in [-0.25, -0.2) is 4.79 Å². The summed E-state index contributed by atoms with van der Waals surface area (Å²) < 4.78 is 11.7. The zero-order valence-corrected chi connectivity index (χ0v) is 19.0. The number of fused-ring (bicyclic) bond motifs is 2. The lowest BCUT2D eigenvalue weighted by atomic mass is 9.73. The van der Waals surface area contributed by atoms with Crippen molar-refractivity contribution < 1.29 is 29.3 Å². The highest BCUT2D eigenvalue weighted by atomic mass is 16.5. The Hall–Kier alpha value is -2.08. The van der Waals surface area contributed by atoms with E-state index in [0.717, 1.165) is 69.8 Å². The summed E-state index contributed by atoms with van der Waals surface area (Å²) in [6, 6.07) is 5.89. The van der Waals surface area contributed by atoms with E-state index in [4.69, 9.17) is 14.6 Å². The quantitative estimate of drug-likeness (QED) is 0.556. The molecule has 4 rings (SSSR count). The Morgan fingerprint density at radius 3 is 2.69 bits per heavy atom. The van der Waals surface area contributed by atoms with Crippen LogP contribution in [0, 0.1) is 23.7 Å². The van der Waals surface area contributed by atoms with Crippen LogP contribution in [0.4, 0.5) is 0 Å². The van der Waals surface area contributed by atoms with E-state index in [1.807, 2.05) is 19.1 Å². The van der Waals surface area contributed by atoms with Crippen molar-refractivity contribution in [3.8, 4) is 5.75 Å². The SMILES string of the molecule is CC[C@H](O)CC[C@@H]1[C@H]2Cc3cccc(OCC(=O)O)c3C[C@H]2C[C@H]1OC(=O)C1CCCC1. The molecule has 6 heteroatoms. The molecule has 0 saturated heterocycles. The molecule has 0 aliphatic heterocycles. The minimum atomic E-state index is -0.981. The van der Waals surface area contributed by atoms with Gasteiger partial charge in [0.15, 0.2) is 6.61 Å². The van der Waals surface area contributed by atoms with Crippen molar-refractivity contribution in [2.45, 2.75) is 83.3 Å². The number of aliphatic hydroxyl groups excluding tert-OH is 1. The zero-order valence-electron chi connectivity index (χ0n) is 19.0. The molecule has 0 aromatic heterocycles. The molecule has 0 amide bonds. The number of rotatable bonds is 9. The molecule has 176 valence electrons. The van der Waals surface area contributed by atoms with Crippen molar-refractivity contribution in [1.82, 2.24) is 0 Å². The zero-order chi connectivity index (χ0) is 22.7. The van der Waals surface area contributed by atoms with Gasteiger partial charge in [0.05, 0.1) is 12.0 Å². The summed E-state index contributed by atoms with van der Waals surface area (Å²) in [6.45, 7) is 1.65. The first-order valence-corrected chi connectivity index (χ1v) is 12.3. The summed E-state index contributed by atoms with van der Waals surface area (Å²) >= 11 is 0. The van der Waals surface area contributed by atoms with Crippen LogP contribution < -0.4 is 4.74 Å². The van der Waals surface area contributed by atoms with Crippen LogP contribution in [0.25, 0.3) is 0 Å². The Morgan fingerprint density at radius 2 is 1.97 bits per heavy atom. The molecule has 32 heavy (non-hydrogen) atoms. The molecular formula is C26H36O6. The number of carboxylic acid groups (broad SMARTS) is 1. The number of carboxylic acids is 1. The number of hydrogen-bond donors (Lipinski definition) is 2. The molecule has 0 spiro atoms. The van der Waals surface area contributed by atoms with Crippen molar-refractivity contribution in [2.24, 2.45) is 23.7 Å². The third-order valence-corrected chi connectivity index (χ3v) is 7.93. The summed E-state index contributed by atoms with van der Waals surface area (Å²) in [6.07, 6.45) is 8.55. The predicted octanol–water partition coefficient (Wildman–Crippen LogP) is 4.15. The lowest BCUT2D eigenvalue weighted by molar-refractivity contribution is -0.156. The fourth-order valence-electron chi connectivity index (χ4n) is 6.18. The van der Waals surface area contributed by atoms with Crippen LogP contribution >= 0.6 is 0 Å². The molecule has 2 N–H and O–H groups in total. The summed E-state index contributed by atoms with van der Waals surface area (Å²) in [5.41, 5.74) is 2.31. The van der Waals surface area contributed by atoms with Gasteiger partial charge in [-0.1, -0.05) is 31.9 Å². The first kappa shape index (κ1) is 23.1. The Bertz CT molecular complexity index is 815. The van der Waals surface area contributed by atoms with Crippen molar-refractivity contribution in [3.63, 3.8) is 0 Å². The first-order valence-electron chi connectivity index (χ1n) is 12.3. The number of hydrogen-bond acceptors (Lipinski definition) is 5. The molecule has 2 saturated carbocycles. The summed E-state index contributed by atoms with van der Waals surface area (Å²) in [5.74, 6) is 0.731. The van der Waals surface area contributed by atoms with Crippen LogP contribution in [-0.2, 0) is 27.2 Å². The molecule has 6 nitrogen and oxygen atoms in total. The largest absolute Gasteiger partial charge is 0.482 e. The minimum absolute atomic E-state index is 0.0322. The molecule has 1 aromatic rings. The lowest BCUT2D eigenvalue weighted by Crippen LogP contribution is -2.31. The topological polar surface area (TPSA) is 93.1 Å². The highest BCUT2D eigenvalue weighted by Crippen LogP contribution is 2.49. The summed E-state index contributed by atoms with van der Waals surface area (Å²) in [5, 5.41) is 19.2. The van der Waals surface area contributed by atoms with Crippen molar-refractivity contribution in [2.75, 3.05) is 6.61 Å². The van der Waals surface area contributed by atoms with Crippen LogP contribution in [0.5, 0.6) is 5.75 Å². The molecule has 3 aliphatic rings. The van der Waals surface area contributed by atoms with Gasteiger partial charge in [-0.05, 0) is 86.3 Å². The van der Waals surface area contributed by atoms with Crippen LogP contribution in [-0.4, -0.2) is 41.0 Å². The maximum atomic E-state index is 12.8. The van der Waals surface area contributed by atoms with E-state index in [1.165, 1.54) is 5.56 Å². The third-order valence-electron chi connectivity index (χ3n) is 7.93. The Morgan fingerprint density at radius 1 is 1.19 bits per heavy atom. The van der Waals surface area contributed by atoms with Crippen LogP contribution in [0.2, 0.25) is 0 Å². The summed E-state index contributed by atoms with van der Waals surface area (Å²) in [7, 11) is 0. The maximum Gasteiger partial charge on any atom is 0.341 e. The predicted molar refractivity (Wildman–Crippen MR) is 119 cm³/mol. The van der Waals surface area contributed by atoms with E-state index in [0.29, 0.717) is 17.6 Å². The normalized spacial score (nSPS) is 28.1. The smallest absolute Gasteiger partial charge is 0.341 e. The second kappa shape index (κ2) is 10.2. The van der Waals surface area contributed by atoms with Crippen molar-refractivity contribution in [3.05, 3.63) is 29.3 Å². The molecule has 5 atom stereocenters. The molecule has 0 unspecified atom stereocenters. The van der Waals surface area contributed by atoms with Gasteiger partial charge in [-0.3, -0.25) is 4.79 Å². The second-order valence-electron chi connectivity index (χ2n) is 9.90. The van der Waals surface area contributed by atoms with Crippen LogP contribution in [0.1, 0.15) is 69.4 Å². The first-order chi connectivity index (χ1) is 15.5. The van der Waals surface area contributed by atoms with Crippen molar-refractivity contribution in [1.29, 1.82) is 0 Å². The Kier molecular flexibility index (Phi) is 7.39. The van der Waals surface area contributed by atoms with E-state index < -0.39 is 5.97 Å². The standard InChI is InChI=1S/C26H36O6/c1-2-19(27)10-11-20-21-12-17-8-5-9-23(31-15-25(28)29)22(17)13-18(21)14-24(20)32-26(30)16-6-3-4-7-16/h5,8-9,16,18-21,24,27H,2-4,6-7,10-15H2,1H3,(H,28,29)/t18-,19-,20+,21-,24+/m0/s1. The fourth-order valence-corrected chi connectivity index (χ4v) is 6.18. The average molecular weight is 445 g/mol. The number of aliphatic hydroxyl groups is 1. The molecule has 0 radical (unpaired) electrons. The molecule has 0 heterocycles. The van der Waals surface area contributed by atoms with E-state index in [9.17, 15) is 14.7 Å². The van der Waals surface area contributed by atoms with Gasteiger partial charge in [0.25, 0.3) is 0 Å². The molecular weight excluding hydrogens is 408 g/mol. The van der Waals surface area contributed by atoms with Gasteiger partial charge in [-0.15, -0.1) is 0 Å². The monoisotopic (exact) mass is 444 g/mol. The highest BCUT2D eigenvalue weighted by Gasteiger charge is 2.47. The van der Waals surface area contributed by atoms with Gasteiger partial charge >= 0.3 is 11.9 Å². The molecule has 2 fully saturated rings. The highest BCUT2D eigenvalue weighted by molar-refractivity contribution is 5.73. The fraction of sp³-hybridized carbons (Fsp3) is 0.692. The molecule has 1 aromatic carbocycles. The number of ether oxygens (including phenoxy) is 2. The second-order valence-corrected chi connectivity index (χ2v) is 9.90. The van der Waals surface area contributed by atoms with Gasteiger partial charge in [0.2, 0.25) is 0 Å². The van der Waals surface area contributed by atoms with Gasteiger partial charge < -0.3 is 19.7 Å². The van der Waals surface area contributed by atoms with Gasteiger partial charge in [-0.2, -0.15) is 0 Å². The third kappa shape index (κ3) is 5.11. The van der Waals surface area contributed by atoms with Crippen molar-refractivity contribution >= 4 is 11.9 Å². The van der Waals surface area contributed by atoms with E-state index in [2.05, 4.69) is 6.07 Å². The lowest BCUT2D eigenvalue weighted by Gasteiger charge is -2.32. The van der Waals surface area contributed by atoms with E-state index in [1.54, 1.807) is 0 Å². The number of carbonyl (C=O) groups excluding carboxylic acids is 1.